The van der Waals surface area contributed by atoms with E-state index in [0.717, 1.165) is 16.7 Å². The molecule has 0 spiro atoms. The topological polar surface area (TPSA) is 189 Å². The second kappa shape index (κ2) is 10.7. The summed E-state index contributed by atoms with van der Waals surface area (Å²) in [4.78, 5) is 26.0. The Morgan fingerprint density at radius 2 is 1.31 bits per heavy atom. The number of hydrogen-bond acceptors (Lipinski definition) is 9. The van der Waals surface area contributed by atoms with Crippen LogP contribution in [0, 0.1) is 6.92 Å². The van der Waals surface area contributed by atoms with Gasteiger partial charge in [0, 0.05) is 41.3 Å². The van der Waals surface area contributed by atoms with Crippen molar-refractivity contribution in [2.45, 2.75) is 6.92 Å². The van der Waals surface area contributed by atoms with E-state index in [0.29, 0.717) is 28.7 Å². The third kappa shape index (κ3) is 5.75. The molecule has 0 atom stereocenters. The summed E-state index contributed by atoms with van der Waals surface area (Å²) in [6.45, 7) is 1.75. The van der Waals surface area contributed by atoms with Crippen molar-refractivity contribution in [1.29, 1.82) is 0 Å². The smallest absolute Gasteiger partial charge is 0.264 e. The van der Waals surface area contributed by atoms with Gasteiger partial charge in [-0.1, -0.05) is 58.8 Å². The fourth-order valence-corrected chi connectivity index (χ4v) is 3.09. The molecular formula is C24H20N8O4. The maximum absolute atomic E-state index is 10.9. The molecule has 0 bridgehead atoms. The van der Waals surface area contributed by atoms with Gasteiger partial charge in [0.1, 0.15) is 0 Å². The van der Waals surface area contributed by atoms with Gasteiger partial charge in [-0.15, -0.1) is 0 Å². The van der Waals surface area contributed by atoms with Crippen molar-refractivity contribution in [1.82, 2.24) is 30.5 Å². The molecule has 5 aromatic rings. The molecule has 5 N–H and O–H groups in total. The Hall–Kier alpha value is -5.39. The number of nitrogens with zero attached hydrogens (tertiary/aromatic N) is 5. The molecule has 0 amide bonds. The average molecular weight is 484 g/mol. The van der Waals surface area contributed by atoms with E-state index in [1.54, 1.807) is 43.3 Å². The summed E-state index contributed by atoms with van der Waals surface area (Å²) in [6.07, 6.45) is 0. The molecule has 36 heavy (non-hydrogen) atoms. The van der Waals surface area contributed by atoms with E-state index in [-0.39, 0.29) is 17.0 Å². The fourth-order valence-electron chi connectivity index (χ4n) is 3.09. The quantitative estimate of drug-likeness (QED) is 0.128. The van der Waals surface area contributed by atoms with Crippen LogP contribution in [0.2, 0.25) is 0 Å². The van der Waals surface area contributed by atoms with Crippen LogP contribution in [-0.2, 0) is 0 Å². The van der Waals surface area contributed by atoms with Gasteiger partial charge in [0.15, 0.2) is 5.84 Å². The van der Waals surface area contributed by atoms with Gasteiger partial charge in [0.05, 0.1) is 11.4 Å². The Balaban J connectivity index is 0.000000170. The van der Waals surface area contributed by atoms with Gasteiger partial charge in [0.25, 0.3) is 11.1 Å². The highest BCUT2D eigenvalue weighted by molar-refractivity contribution is 5.97. The maximum atomic E-state index is 10.9. The summed E-state index contributed by atoms with van der Waals surface area (Å²) in [5, 5.41) is 27.9. The zero-order valence-corrected chi connectivity index (χ0v) is 18.9. The van der Waals surface area contributed by atoms with Gasteiger partial charge < -0.3 is 15.5 Å². The summed E-state index contributed by atoms with van der Waals surface area (Å²) in [5.41, 5.74) is 9.53. The van der Waals surface area contributed by atoms with Crippen LogP contribution in [-0.4, -0.2) is 41.6 Å². The van der Waals surface area contributed by atoms with Crippen LogP contribution in [0.25, 0.3) is 33.9 Å². The summed E-state index contributed by atoms with van der Waals surface area (Å²) in [6, 6.07) is 20.6. The number of nitrogens with two attached hydrogens (primary N) is 1. The van der Waals surface area contributed by atoms with Crippen molar-refractivity contribution in [2.75, 3.05) is 0 Å². The lowest BCUT2D eigenvalue weighted by Gasteiger charge is -2.01. The normalized spacial score (nSPS) is 11.0. The Bertz CT molecular complexity index is 1560. The Labute approximate surface area is 203 Å². The van der Waals surface area contributed by atoms with Gasteiger partial charge in [-0.3, -0.25) is 9.59 Å². The number of oxime groups is 1. The van der Waals surface area contributed by atoms with Crippen LogP contribution in [0.1, 0.15) is 11.5 Å². The summed E-state index contributed by atoms with van der Waals surface area (Å²) >= 11 is 0. The van der Waals surface area contributed by atoms with Crippen LogP contribution in [0.4, 0.5) is 0 Å². The van der Waals surface area contributed by atoms with Crippen molar-refractivity contribution in [3.05, 3.63) is 105 Å². The summed E-state index contributed by atoms with van der Waals surface area (Å²) in [5.74, 6) is 1.13. The third-order valence-electron chi connectivity index (χ3n) is 4.91. The Kier molecular flexibility index (Phi) is 7.06. The van der Waals surface area contributed by atoms with Crippen LogP contribution in [0.15, 0.2) is 92.1 Å². The van der Waals surface area contributed by atoms with E-state index < -0.39 is 0 Å². The van der Waals surface area contributed by atoms with E-state index in [9.17, 15) is 9.59 Å². The van der Waals surface area contributed by atoms with E-state index >= 15 is 0 Å². The number of benzene rings is 2. The Morgan fingerprint density at radius 3 is 1.72 bits per heavy atom. The van der Waals surface area contributed by atoms with E-state index in [2.05, 4.69) is 35.7 Å². The number of amidine groups is 1. The van der Waals surface area contributed by atoms with Gasteiger partial charge in [0.2, 0.25) is 11.7 Å². The first-order chi connectivity index (χ1) is 17.4. The molecule has 5 rings (SSSR count). The van der Waals surface area contributed by atoms with Crippen molar-refractivity contribution in [3.8, 4) is 33.9 Å². The Morgan fingerprint density at radius 1 is 0.806 bits per heavy atom. The molecule has 3 heterocycles. The number of aryl methyl sites for hydroxylation is 1. The number of nitrogens with one attached hydrogen (secondary N) is 2. The number of rotatable bonds is 4. The molecule has 0 aliphatic rings. The molecule has 0 saturated carbocycles. The molecule has 2 aromatic carbocycles. The molecule has 0 radical (unpaired) electrons. The molecule has 180 valence electrons. The zero-order valence-electron chi connectivity index (χ0n) is 18.9. The average Bonchev–Trinajstić information content (AvgIpc) is 3.36. The second-order valence-corrected chi connectivity index (χ2v) is 7.39. The summed E-state index contributed by atoms with van der Waals surface area (Å²) in [7, 11) is 0. The minimum absolute atomic E-state index is 0.0472. The number of aromatic amines is 2. The first kappa shape index (κ1) is 23.8. The van der Waals surface area contributed by atoms with Crippen molar-refractivity contribution in [2.24, 2.45) is 10.9 Å². The molecule has 12 nitrogen and oxygen atoms in total. The number of hydrogen-bond donors (Lipinski definition) is 4. The maximum Gasteiger partial charge on any atom is 0.264 e. The molecular weight excluding hydrogens is 464 g/mol. The predicted octanol–water partition coefficient (Wildman–Crippen LogP) is 2.33. The number of aromatic nitrogens is 6. The van der Waals surface area contributed by atoms with Crippen LogP contribution in [0.5, 0.6) is 0 Å². The van der Waals surface area contributed by atoms with Gasteiger partial charge in [-0.05, 0) is 12.1 Å². The highest BCUT2D eigenvalue weighted by Crippen LogP contribution is 2.21. The molecule has 0 aliphatic heterocycles. The zero-order chi connectivity index (χ0) is 25.5. The lowest BCUT2D eigenvalue weighted by Crippen LogP contribution is -2.12. The molecule has 0 fully saturated rings. The highest BCUT2D eigenvalue weighted by atomic mass is 16.5. The molecule has 0 unspecified atom stereocenters. The van der Waals surface area contributed by atoms with Crippen LogP contribution in [0.3, 0.4) is 0 Å². The van der Waals surface area contributed by atoms with Crippen molar-refractivity contribution >= 4 is 5.84 Å². The highest BCUT2D eigenvalue weighted by Gasteiger charge is 2.06. The van der Waals surface area contributed by atoms with Gasteiger partial charge in [-0.2, -0.15) is 15.2 Å². The van der Waals surface area contributed by atoms with Gasteiger partial charge in [-0.25, -0.2) is 10.2 Å². The fraction of sp³-hybridized carbons (Fsp3) is 0.0417. The van der Waals surface area contributed by atoms with Crippen LogP contribution >= 0.6 is 0 Å². The molecule has 0 aliphatic carbocycles. The lowest BCUT2D eigenvalue weighted by atomic mass is 10.1. The minimum Gasteiger partial charge on any atom is -0.409 e. The lowest BCUT2D eigenvalue weighted by molar-refractivity contribution is 0.318. The second-order valence-electron chi connectivity index (χ2n) is 7.39. The molecule has 12 heteroatoms. The first-order valence-electron chi connectivity index (χ1n) is 10.5. The minimum atomic E-state index is -0.248. The first-order valence-corrected chi connectivity index (χ1v) is 10.5. The van der Waals surface area contributed by atoms with Crippen molar-refractivity contribution in [3.63, 3.8) is 0 Å². The van der Waals surface area contributed by atoms with E-state index in [1.807, 2.05) is 24.3 Å². The number of H-pyrrole nitrogens is 2. The van der Waals surface area contributed by atoms with Gasteiger partial charge >= 0.3 is 0 Å². The third-order valence-corrected chi connectivity index (χ3v) is 4.91. The molecule has 0 saturated heterocycles. The van der Waals surface area contributed by atoms with Crippen molar-refractivity contribution < 1.29 is 9.73 Å². The van der Waals surface area contributed by atoms with E-state index in [1.165, 1.54) is 12.1 Å². The van der Waals surface area contributed by atoms with E-state index in [4.69, 9.17) is 15.5 Å². The molecule has 3 aromatic heterocycles. The monoisotopic (exact) mass is 484 g/mol. The standard InChI is InChI=1S/C13H10N4O2.C11H10N4O2/c1-8-14-13(17-19-8)10-4-2-9(3-5-10)11-6-7-12(18)16-15-11;12-11(15-17)8-3-1-7(2-4-8)9-5-6-10(16)14-13-9/h2-7H,1H3,(H,16,18);1-6,17H,(H2,12,15)(H,14,16). The largest absolute Gasteiger partial charge is 0.409 e. The van der Waals surface area contributed by atoms with Crippen LogP contribution < -0.4 is 16.9 Å². The SMILES string of the molecule is Cc1nc(-c2ccc(-c3ccc(=O)[nH]n3)cc2)no1.N/C(=N\O)c1ccc(-c2ccc(=O)[nH]n2)cc1. The predicted molar refractivity (Wildman–Crippen MR) is 131 cm³/mol. The summed E-state index contributed by atoms with van der Waals surface area (Å²) < 4.78 is 4.93.